The zero-order chi connectivity index (χ0) is 15.0. The maximum absolute atomic E-state index is 9.28. The number of allylic oxidation sites excluding steroid dienone is 1. The first-order chi connectivity index (χ1) is 7.47. The molecule has 0 aromatic carbocycles. The van der Waals surface area contributed by atoms with Crippen LogP contribution in [-0.4, -0.2) is 39.9 Å². The van der Waals surface area contributed by atoms with E-state index in [1.165, 1.54) is 0 Å². The summed E-state index contributed by atoms with van der Waals surface area (Å²) in [6.45, 7) is 15.2. The quantitative estimate of drug-likeness (QED) is 0.392. The topological polar surface area (TPSA) is 77.8 Å². The summed E-state index contributed by atoms with van der Waals surface area (Å²) in [5.74, 6) is 0. The Hall–Kier alpha value is 0.00429. The zero-order valence-corrected chi connectivity index (χ0v) is 14.3. The van der Waals surface area contributed by atoms with E-state index in [2.05, 4.69) is 6.58 Å². The van der Waals surface area contributed by atoms with Gasteiger partial charge in [0.2, 0.25) is 0 Å². The van der Waals surface area contributed by atoms with Crippen molar-refractivity contribution in [3.63, 3.8) is 0 Å². The molecule has 0 fully saturated rings. The molecular formula is C13H29O4Ti-. The van der Waals surface area contributed by atoms with Gasteiger partial charge in [-0.2, -0.15) is 5.57 Å². The molecule has 0 spiro atoms. The summed E-state index contributed by atoms with van der Waals surface area (Å²) in [5.41, 5.74) is 0.449. The van der Waals surface area contributed by atoms with E-state index < -0.39 is 0 Å². The van der Waals surface area contributed by atoms with E-state index in [1.807, 2.05) is 0 Å². The third-order valence-electron chi connectivity index (χ3n) is 0.174. The first-order valence-electron chi connectivity index (χ1n) is 5.55. The van der Waals surface area contributed by atoms with Gasteiger partial charge in [0.1, 0.15) is 0 Å². The van der Waals surface area contributed by atoms with E-state index in [-0.39, 0.29) is 40.0 Å². The van der Waals surface area contributed by atoms with Crippen LogP contribution >= 0.6 is 0 Å². The number of hydrogen-bond acceptors (Lipinski definition) is 4. The molecule has 0 aliphatic carbocycles. The predicted molar refractivity (Wildman–Crippen MR) is 72.6 cm³/mol. The minimum atomic E-state index is -0.167. The SMILES string of the molecule is C=C(C)[C-]=O.CC(C)O.CC(C)O.CC(C)O.[Ti]. The molecule has 18 heavy (non-hydrogen) atoms. The van der Waals surface area contributed by atoms with Crippen molar-refractivity contribution >= 4 is 6.29 Å². The zero-order valence-electron chi connectivity index (χ0n) is 12.7. The summed E-state index contributed by atoms with van der Waals surface area (Å²) in [6, 6.07) is 0. The summed E-state index contributed by atoms with van der Waals surface area (Å²) < 4.78 is 0. The maximum Gasteiger partial charge on any atom is 0.0483 e. The molecule has 110 valence electrons. The summed E-state index contributed by atoms with van der Waals surface area (Å²) in [6.07, 6.45) is 1.08. The molecule has 0 aromatic rings. The van der Waals surface area contributed by atoms with Crippen LogP contribution in [0, 0.1) is 0 Å². The van der Waals surface area contributed by atoms with Gasteiger partial charge in [0.15, 0.2) is 0 Å². The maximum atomic E-state index is 9.28. The van der Waals surface area contributed by atoms with E-state index in [1.54, 1.807) is 54.8 Å². The Morgan fingerprint density at radius 3 is 0.944 bits per heavy atom. The number of aliphatic hydroxyl groups excluding tert-OH is 3. The summed E-state index contributed by atoms with van der Waals surface area (Å²) >= 11 is 0. The average Bonchev–Trinajstić information content (AvgIpc) is 2.00. The standard InChI is InChI=1S/C4H5O.3C3H8O.Ti/c1-4(2)3-5;3*1-3(2)4;/h1H2,2H3;3*3-4H,1-2H3;/q-1;;;;. The molecule has 0 saturated carbocycles. The molecule has 0 atom stereocenters. The summed E-state index contributed by atoms with van der Waals surface area (Å²) in [7, 11) is 0. The third-order valence-corrected chi connectivity index (χ3v) is 0.174. The Labute approximate surface area is 127 Å². The Morgan fingerprint density at radius 1 is 0.889 bits per heavy atom. The monoisotopic (exact) mass is 297 g/mol. The fourth-order valence-corrected chi connectivity index (χ4v) is 0. The largest absolute Gasteiger partial charge is 0.419 e. The number of rotatable bonds is 1. The molecular weight excluding hydrogens is 268 g/mol. The van der Waals surface area contributed by atoms with Gasteiger partial charge in [0.25, 0.3) is 0 Å². The average molecular weight is 297 g/mol. The van der Waals surface area contributed by atoms with Crippen molar-refractivity contribution in [2.75, 3.05) is 0 Å². The number of hydrogen-bond donors (Lipinski definition) is 3. The fourth-order valence-electron chi connectivity index (χ4n) is 0. The van der Waals surface area contributed by atoms with Gasteiger partial charge in [-0.1, -0.05) is 6.92 Å². The van der Waals surface area contributed by atoms with Gasteiger partial charge in [0.05, 0.1) is 0 Å². The smallest absolute Gasteiger partial charge is 0.0483 e. The number of aliphatic hydroxyl groups is 3. The van der Waals surface area contributed by atoms with Gasteiger partial charge < -0.3 is 20.1 Å². The van der Waals surface area contributed by atoms with Gasteiger partial charge in [0, 0.05) is 40.0 Å². The van der Waals surface area contributed by atoms with Crippen LogP contribution in [0.5, 0.6) is 0 Å². The van der Waals surface area contributed by atoms with Gasteiger partial charge in [-0.05, 0) is 47.8 Å². The van der Waals surface area contributed by atoms with Gasteiger partial charge in [-0.3, -0.25) is 0 Å². The Bertz CT molecular complexity index is 135. The first-order valence-corrected chi connectivity index (χ1v) is 5.55. The van der Waals surface area contributed by atoms with Gasteiger partial charge in [-0.25, -0.2) is 6.58 Å². The second kappa shape index (κ2) is 25.8. The van der Waals surface area contributed by atoms with E-state index in [9.17, 15) is 4.79 Å². The molecule has 0 unspecified atom stereocenters. The van der Waals surface area contributed by atoms with Crippen molar-refractivity contribution < 1.29 is 41.8 Å². The molecule has 0 aromatic heterocycles. The first kappa shape index (κ1) is 30.8. The van der Waals surface area contributed by atoms with Crippen LogP contribution in [-0.2, 0) is 26.5 Å². The third kappa shape index (κ3) is 897. The Balaban J connectivity index is -0.0000000412. The van der Waals surface area contributed by atoms with E-state index in [0.717, 1.165) is 0 Å². The van der Waals surface area contributed by atoms with E-state index in [0.29, 0.717) is 5.57 Å². The second-order valence-electron chi connectivity index (χ2n) is 4.16. The van der Waals surface area contributed by atoms with Crippen molar-refractivity contribution in [1.29, 1.82) is 0 Å². The molecule has 0 heterocycles. The van der Waals surface area contributed by atoms with E-state index in [4.69, 9.17) is 15.3 Å². The van der Waals surface area contributed by atoms with Crippen LogP contribution in [0.2, 0.25) is 0 Å². The molecule has 3 N–H and O–H groups in total. The molecule has 0 amide bonds. The minimum absolute atomic E-state index is 0. The van der Waals surface area contributed by atoms with Crippen LogP contribution in [0.4, 0.5) is 0 Å². The number of carbonyl (C=O) groups excluding carboxylic acids is 1. The molecule has 0 saturated heterocycles. The molecule has 0 radical (unpaired) electrons. The van der Waals surface area contributed by atoms with Crippen molar-refractivity contribution in [2.24, 2.45) is 0 Å². The normalized spacial score (nSPS) is 7.83. The molecule has 0 bridgehead atoms. The minimum Gasteiger partial charge on any atom is -0.419 e. The molecule has 5 heteroatoms. The van der Waals surface area contributed by atoms with Crippen LogP contribution in [0.1, 0.15) is 48.5 Å². The van der Waals surface area contributed by atoms with Gasteiger partial charge in [-0.15, -0.1) is 0 Å². The molecule has 0 rings (SSSR count). The van der Waals surface area contributed by atoms with Crippen LogP contribution < -0.4 is 0 Å². The van der Waals surface area contributed by atoms with Crippen LogP contribution in [0.15, 0.2) is 12.2 Å². The Kier molecular flexibility index (Phi) is 44.0. The predicted octanol–water partition coefficient (Wildman–Crippen LogP) is 1.83. The Morgan fingerprint density at radius 2 is 0.944 bits per heavy atom. The van der Waals surface area contributed by atoms with Crippen molar-refractivity contribution in [1.82, 2.24) is 0 Å². The molecule has 4 nitrogen and oxygen atoms in total. The van der Waals surface area contributed by atoms with Crippen LogP contribution in [0.25, 0.3) is 0 Å². The van der Waals surface area contributed by atoms with Gasteiger partial charge >= 0.3 is 0 Å². The molecule has 0 aliphatic rings. The van der Waals surface area contributed by atoms with Crippen molar-refractivity contribution in [3.8, 4) is 0 Å². The fraction of sp³-hybridized carbons (Fsp3) is 0.769. The summed E-state index contributed by atoms with van der Waals surface area (Å²) in [4.78, 5) is 9.28. The van der Waals surface area contributed by atoms with E-state index >= 15 is 0 Å². The summed E-state index contributed by atoms with van der Waals surface area (Å²) in [5, 5.41) is 24.2. The van der Waals surface area contributed by atoms with Crippen molar-refractivity contribution in [3.05, 3.63) is 12.2 Å². The van der Waals surface area contributed by atoms with Crippen molar-refractivity contribution in [2.45, 2.75) is 66.8 Å². The van der Waals surface area contributed by atoms with Crippen LogP contribution in [0.3, 0.4) is 0 Å². The second-order valence-corrected chi connectivity index (χ2v) is 4.16. The molecule has 0 aliphatic heterocycles.